The van der Waals surface area contributed by atoms with Crippen LogP contribution in [0.1, 0.15) is 13.8 Å². The molecule has 0 bridgehead atoms. The predicted octanol–water partition coefficient (Wildman–Crippen LogP) is -0.285. The van der Waals surface area contributed by atoms with Gasteiger partial charge in [-0.2, -0.15) is 10.2 Å². The van der Waals surface area contributed by atoms with Gasteiger partial charge in [-0.05, 0) is 13.8 Å². The van der Waals surface area contributed by atoms with E-state index in [1.165, 1.54) is 35.9 Å². The Balaban J connectivity index is 2.37. The molecule has 0 spiro atoms. The van der Waals surface area contributed by atoms with Crippen LogP contribution in [0, 0.1) is 0 Å². The Labute approximate surface area is 103 Å². The van der Waals surface area contributed by atoms with Crippen LogP contribution >= 0.6 is 0 Å². The lowest BCUT2D eigenvalue weighted by Crippen LogP contribution is -2.14. The summed E-state index contributed by atoms with van der Waals surface area (Å²) in [6, 6.07) is 0. The molecule has 2 aromatic heterocycles. The largest absolute Gasteiger partial charge is 0.298 e. The van der Waals surface area contributed by atoms with Gasteiger partial charge in [0.05, 0.1) is 0 Å². The summed E-state index contributed by atoms with van der Waals surface area (Å²) in [5.74, 6) is 0.756. The molecule has 0 aliphatic heterocycles. The predicted molar refractivity (Wildman–Crippen MR) is 60.4 cm³/mol. The molecule has 0 fully saturated rings. The van der Waals surface area contributed by atoms with E-state index in [-0.39, 0.29) is 24.7 Å². The summed E-state index contributed by atoms with van der Waals surface area (Å²) in [6.07, 6.45) is 2.68. The number of Topliss-reactive ketones (excluding diaryl/α,β-unsaturated/α-hetero) is 2. The first-order valence-electron chi connectivity index (χ1n) is 5.33. The van der Waals surface area contributed by atoms with Crippen LogP contribution in [0.5, 0.6) is 0 Å². The van der Waals surface area contributed by atoms with Gasteiger partial charge in [-0.25, -0.2) is 19.3 Å². The molecule has 0 aliphatic carbocycles. The highest BCUT2D eigenvalue weighted by Gasteiger charge is 2.15. The van der Waals surface area contributed by atoms with Crippen LogP contribution in [0.3, 0.4) is 0 Å². The maximum absolute atomic E-state index is 11.1. The number of rotatable bonds is 5. The van der Waals surface area contributed by atoms with Gasteiger partial charge in [0.25, 0.3) is 0 Å². The van der Waals surface area contributed by atoms with Gasteiger partial charge in [-0.3, -0.25) is 9.59 Å². The summed E-state index contributed by atoms with van der Waals surface area (Å²) in [5.41, 5.74) is 0. The van der Waals surface area contributed by atoms with Crippen LogP contribution in [0.25, 0.3) is 11.6 Å². The van der Waals surface area contributed by atoms with Gasteiger partial charge in [0.1, 0.15) is 25.7 Å². The topological polar surface area (TPSA) is 95.6 Å². The molecule has 0 atom stereocenters. The molecule has 0 aliphatic rings. The molecule has 2 heterocycles. The zero-order valence-electron chi connectivity index (χ0n) is 10.1. The smallest absolute Gasteiger partial charge is 0.196 e. The molecular formula is C10H12N6O2. The highest BCUT2D eigenvalue weighted by atomic mass is 16.1. The number of carbonyl (C=O) groups excluding carboxylic acids is 2. The lowest BCUT2D eigenvalue weighted by Gasteiger charge is -2.04. The molecular weight excluding hydrogens is 236 g/mol. The Hall–Kier alpha value is -2.38. The van der Waals surface area contributed by atoms with Crippen LogP contribution in [0.15, 0.2) is 12.7 Å². The van der Waals surface area contributed by atoms with Crippen molar-refractivity contribution in [1.82, 2.24) is 29.5 Å². The van der Waals surface area contributed by atoms with Crippen molar-refractivity contribution in [3.63, 3.8) is 0 Å². The van der Waals surface area contributed by atoms with Crippen molar-refractivity contribution in [3.8, 4) is 11.6 Å². The average molecular weight is 248 g/mol. The van der Waals surface area contributed by atoms with Gasteiger partial charge in [-0.1, -0.05) is 0 Å². The third kappa shape index (κ3) is 2.47. The molecule has 94 valence electrons. The van der Waals surface area contributed by atoms with E-state index in [0.29, 0.717) is 11.6 Å². The van der Waals surface area contributed by atoms with E-state index in [9.17, 15) is 9.59 Å². The summed E-state index contributed by atoms with van der Waals surface area (Å²) >= 11 is 0. The second-order valence-electron chi connectivity index (χ2n) is 3.89. The highest BCUT2D eigenvalue weighted by Crippen LogP contribution is 2.12. The van der Waals surface area contributed by atoms with E-state index in [1.54, 1.807) is 0 Å². The minimum absolute atomic E-state index is 0.0422. The van der Waals surface area contributed by atoms with Crippen LogP contribution in [-0.2, 0) is 22.7 Å². The van der Waals surface area contributed by atoms with Gasteiger partial charge in [-0.15, -0.1) is 0 Å². The van der Waals surface area contributed by atoms with Gasteiger partial charge in [0.15, 0.2) is 23.2 Å². The van der Waals surface area contributed by atoms with Crippen LogP contribution < -0.4 is 0 Å². The molecule has 0 saturated heterocycles. The third-order valence-electron chi connectivity index (χ3n) is 2.18. The first-order valence-corrected chi connectivity index (χ1v) is 5.33. The Kier molecular flexibility index (Phi) is 3.26. The van der Waals surface area contributed by atoms with E-state index in [0.717, 1.165) is 0 Å². The summed E-state index contributed by atoms with van der Waals surface area (Å²) in [5, 5.41) is 7.90. The van der Waals surface area contributed by atoms with Crippen molar-refractivity contribution >= 4 is 11.6 Å². The van der Waals surface area contributed by atoms with Crippen LogP contribution in [-0.4, -0.2) is 41.1 Å². The monoisotopic (exact) mass is 248 g/mol. The van der Waals surface area contributed by atoms with Gasteiger partial charge >= 0.3 is 0 Å². The van der Waals surface area contributed by atoms with E-state index in [1.807, 2.05) is 0 Å². The molecule has 0 radical (unpaired) electrons. The first-order chi connectivity index (χ1) is 8.58. The fraction of sp³-hybridized carbons (Fsp3) is 0.400. The first kappa shape index (κ1) is 12.1. The Bertz CT molecular complexity index is 532. The lowest BCUT2D eigenvalue weighted by atomic mass is 10.4. The Morgan fingerprint density at radius 2 is 1.33 bits per heavy atom. The zero-order valence-corrected chi connectivity index (χ0v) is 10.1. The van der Waals surface area contributed by atoms with Crippen molar-refractivity contribution in [2.75, 3.05) is 0 Å². The number of carbonyl (C=O) groups is 2. The Morgan fingerprint density at radius 3 is 1.67 bits per heavy atom. The molecule has 0 unspecified atom stereocenters. The number of nitrogens with zero attached hydrogens (tertiary/aromatic N) is 6. The van der Waals surface area contributed by atoms with E-state index < -0.39 is 0 Å². The summed E-state index contributed by atoms with van der Waals surface area (Å²) in [7, 11) is 0. The minimum Gasteiger partial charge on any atom is -0.298 e. The standard InChI is InChI=1S/C10H12N6O2/c1-7(17)3-15-9(11-5-13-15)10-12-6-14-16(10)4-8(2)18/h5-6H,3-4H2,1-2H3. The molecule has 0 aromatic carbocycles. The summed E-state index contributed by atoms with van der Waals surface area (Å²) in [6.45, 7) is 3.15. The number of aromatic nitrogens is 6. The molecule has 0 saturated carbocycles. The molecule has 0 amide bonds. The number of hydrogen-bond acceptors (Lipinski definition) is 6. The van der Waals surface area contributed by atoms with Crippen molar-refractivity contribution < 1.29 is 9.59 Å². The van der Waals surface area contributed by atoms with Gasteiger partial charge in [0, 0.05) is 0 Å². The molecule has 2 aromatic rings. The van der Waals surface area contributed by atoms with E-state index >= 15 is 0 Å². The van der Waals surface area contributed by atoms with Gasteiger partial charge < -0.3 is 0 Å². The van der Waals surface area contributed by atoms with Crippen molar-refractivity contribution in [3.05, 3.63) is 12.7 Å². The maximum Gasteiger partial charge on any atom is 0.196 e. The van der Waals surface area contributed by atoms with Crippen molar-refractivity contribution in [2.24, 2.45) is 0 Å². The zero-order chi connectivity index (χ0) is 13.1. The van der Waals surface area contributed by atoms with Crippen LogP contribution in [0.2, 0.25) is 0 Å². The lowest BCUT2D eigenvalue weighted by molar-refractivity contribution is -0.118. The number of hydrogen-bond donors (Lipinski definition) is 0. The fourth-order valence-corrected chi connectivity index (χ4v) is 1.53. The molecule has 2 rings (SSSR count). The Morgan fingerprint density at radius 1 is 0.944 bits per heavy atom. The minimum atomic E-state index is -0.0422. The third-order valence-corrected chi connectivity index (χ3v) is 2.18. The maximum atomic E-state index is 11.1. The van der Waals surface area contributed by atoms with Gasteiger partial charge in [0.2, 0.25) is 0 Å². The molecule has 8 heteroatoms. The highest BCUT2D eigenvalue weighted by molar-refractivity contribution is 5.76. The van der Waals surface area contributed by atoms with Crippen molar-refractivity contribution in [2.45, 2.75) is 26.9 Å². The summed E-state index contributed by atoms with van der Waals surface area (Å²) in [4.78, 5) is 30.3. The molecule has 0 N–H and O–H groups in total. The van der Waals surface area contributed by atoms with Crippen molar-refractivity contribution in [1.29, 1.82) is 0 Å². The SMILES string of the molecule is CC(=O)Cn1ncnc1-c1ncnn1CC(C)=O. The fourth-order valence-electron chi connectivity index (χ4n) is 1.53. The van der Waals surface area contributed by atoms with E-state index in [2.05, 4.69) is 20.2 Å². The number of ketones is 2. The second-order valence-corrected chi connectivity index (χ2v) is 3.89. The average Bonchev–Trinajstić information content (AvgIpc) is 2.85. The van der Waals surface area contributed by atoms with E-state index in [4.69, 9.17) is 0 Å². The quantitative estimate of drug-likeness (QED) is 0.721. The second kappa shape index (κ2) is 4.86. The normalized spacial score (nSPS) is 10.6. The van der Waals surface area contributed by atoms with Crippen LogP contribution in [0.4, 0.5) is 0 Å². The molecule has 8 nitrogen and oxygen atoms in total. The summed E-state index contributed by atoms with van der Waals surface area (Å²) < 4.78 is 2.87. The molecule has 18 heavy (non-hydrogen) atoms.